The van der Waals surface area contributed by atoms with Gasteiger partial charge in [0.05, 0.1) is 0 Å². The van der Waals surface area contributed by atoms with Gasteiger partial charge in [-0.3, -0.25) is 4.68 Å². The molecule has 5 nitrogen and oxygen atoms in total. The molecule has 2 unspecified atom stereocenters. The third-order valence-electron chi connectivity index (χ3n) is 2.78. The SMILES string of the molecule is CN1CC(N)CC(c2ncnn2C)C1. The van der Waals surface area contributed by atoms with Gasteiger partial charge in [-0.05, 0) is 13.5 Å². The van der Waals surface area contributed by atoms with Crippen LogP contribution in [0.5, 0.6) is 0 Å². The second-order valence-electron chi connectivity index (χ2n) is 4.16. The molecule has 2 N–H and O–H groups in total. The first-order valence-electron chi connectivity index (χ1n) is 4.95. The van der Waals surface area contributed by atoms with Crippen molar-refractivity contribution >= 4 is 0 Å². The molecule has 5 heteroatoms. The van der Waals surface area contributed by atoms with Crippen LogP contribution in [-0.4, -0.2) is 45.8 Å². The van der Waals surface area contributed by atoms with Crippen molar-refractivity contribution < 1.29 is 0 Å². The molecule has 2 atom stereocenters. The van der Waals surface area contributed by atoms with Gasteiger partial charge in [0, 0.05) is 32.1 Å². The summed E-state index contributed by atoms with van der Waals surface area (Å²) in [5, 5.41) is 4.09. The van der Waals surface area contributed by atoms with Crippen molar-refractivity contribution in [3.05, 3.63) is 12.2 Å². The Bertz CT molecular complexity index is 298. The lowest BCUT2D eigenvalue weighted by atomic mass is 9.94. The number of piperidine rings is 1. The molecule has 2 rings (SSSR count). The second-order valence-corrected chi connectivity index (χ2v) is 4.16. The van der Waals surface area contributed by atoms with Gasteiger partial charge in [0.2, 0.25) is 0 Å². The highest BCUT2D eigenvalue weighted by molar-refractivity contribution is 5.00. The fourth-order valence-electron chi connectivity index (χ4n) is 2.23. The molecular weight excluding hydrogens is 178 g/mol. The van der Waals surface area contributed by atoms with Crippen LogP contribution in [0.15, 0.2) is 6.33 Å². The van der Waals surface area contributed by atoms with Crippen LogP contribution in [0.1, 0.15) is 18.2 Å². The highest BCUT2D eigenvalue weighted by Crippen LogP contribution is 2.23. The Balaban J connectivity index is 2.15. The Morgan fingerprint density at radius 2 is 2.21 bits per heavy atom. The van der Waals surface area contributed by atoms with E-state index in [4.69, 9.17) is 5.73 Å². The number of aromatic nitrogens is 3. The van der Waals surface area contributed by atoms with Crippen molar-refractivity contribution in [3.63, 3.8) is 0 Å². The summed E-state index contributed by atoms with van der Waals surface area (Å²) in [6, 6.07) is 0.260. The quantitative estimate of drug-likeness (QED) is 0.660. The molecule has 1 aromatic rings. The van der Waals surface area contributed by atoms with E-state index < -0.39 is 0 Å². The topological polar surface area (TPSA) is 60.0 Å². The minimum absolute atomic E-state index is 0.260. The fourth-order valence-corrected chi connectivity index (χ4v) is 2.23. The van der Waals surface area contributed by atoms with Gasteiger partial charge in [0.1, 0.15) is 12.2 Å². The molecule has 0 radical (unpaired) electrons. The van der Waals surface area contributed by atoms with E-state index in [1.54, 1.807) is 6.33 Å². The zero-order valence-electron chi connectivity index (χ0n) is 8.72. The molecule has 1 saturated heterocycles. The van der Waals surface area contributed by atoms with Crippen LogP contribution in [0, 0.1) is 0 Å². The Hall–Kier alpha value is -0.940. The number of likely N-dealkylation sites (tertiary alicyclic amines) is 1. The van der Waals surface area contributed by atoms with Crippen LogP contribution in [0.4, 0.5) is 0 Å². The van der Waals surface area contributed by atoms with Crippen LogP contribution in [0.3, 0.4) is 0 Å². The number of aryl methyl sites for hydroxylation is 1. The van der Waals surface area contributed by atoms with Gasteiger partial charge in [0.15, 0.2) is 0 Å². The maximum atomic E-state index is 5.97. The molecule has 0 aromatic carbocycles. The van der Waals surface area contributed by atoms with Gasteiger partial charge in [-0.15, -0.1) is 0 Å². The standard InChI is InChI=1S/C9H17N5/c1-13-4-7(3-8(10)5-13)9-11-6-12-14(9)2/h6-8H,3-5,10H2,1-2H3. The average Bonchev–Trinajstić information content (AvgIpc) is 2.49. The summed E-state index contributed by atoms with van der Waals surface area (Å²) in [7, 11) is 4.03. The lowest BCUT2D eigenvalue weighted by molar-refractivity contribution is 0.220. The van der Waals surface area contributed by atoms with Gasteiger partial charge in [-0.2, -0.15) is 5.10 Å². The van der Waals surface area contributed by atoms with Crippen molar-refractivity contribution in [1.29, 1.82) is 0 Å². The molecule has 2 heterocycles. The molecule has 1 aromatic heterocycles. The average molecular weight is 195 g/mol. The molecule has 1 fully saturated rings. The predicted octanol–water partition coefficient (Wildman–Crippen LogP) is -0.438. The van der Waals surface area contributed by atoms with Crippen molar-refractivity contribution in [3.8, 4) is 0 Å². The van der Waals surface area contributed by atoms with Crippen molar-refractivity contribution in [2.24, 2.45) is 12.8 Å². The summed E-state index contributed by atoms with van der Waals surface area (Å²) in [5.74, 6) is 1.48. The highest BCUT2D eigenvalue weighted by Gasteiger charge is 2.26. The van der Waals surface area contributed by atoms with Crippen LogP contribution in [0.2, 0.25) is 0 Å². The smallest absolute Gasteiger partial charge is 0.138 e. The van der Waals surface area contributed by atoms with Crippen molar-refractivity contribution in [1.82, 2.24) is 19.7 Å². The summed E-state index contributed by atoms with van der Waals surface area (Å²) >= 11 is 0. The first kappa shape index (κ1) is 9.61. The van der Waals surface area contributed by atoms with Gasteiger partial charge < -0.3 is 10.6 Å². The lowest BCUT2D eigenvalue weighted by Gasteiger charge is -2.33. The van der Waals surface area contributed by atoms with Crippen LogP contribution < -0.4 is 5.73 Å². The first-order valence-corrected chi connectivity index (χ1v) is 4.95. The number of likely N-dealkylation sites (N-methyl/N-ethyl adjacent to an activating group) is 1. The van der Waals surface area contributed by atoms with E-state index in [9.17, 15) is 0 Å². The van der Waals surface area contributed by atoms with E-state index in [0.717, 1.165) is 25.3 Å². The third-order valence-corrected chi connectivity index (χ3v) is 2.78. The summed E-state index contributed by atoms with van der Waals surface area (Å²) in [4.78, 5) is 6.54. The van der Waals surface area contributed by atoms with E-state index in [0.29, 0.717) is 5.92 Å². The van der Waals surface area contributed by atoms with Crippen LogP contribution in [0.25, 0.3) is 0 Å². The zero-order chi connectivity index (χ0) is 10.1. The van der Waals surface area contributed by atoms with Crippen molar-refractivity contribution in [2.45, 2.75) is 18.4 Å². The summed E-state index contributed by atoms with van der Waals surface area (Å²) < 4.78 is 1.84. The normalized spacial score (nSPS) is 29.4. The number of nitrogens with zero attached hydrogens (tertiary/aromatic N) is 4. The monoisotopic (exact) mass is 195 g/mol. The minimum atomic E-state index is 0.260. The van der Waals surface area contributed by atoms with Gasteiger partial charge in [-0.25, -0.2) is 4.98 Å². The molecule has 78 valence electrons. The Morgan fingerprint density at radius 3 is 2.79 bits per heavy atom. The summed E-state index contributed by atoms with van der Waals surface area (Å²) in [5.41, 5.74) is 5.97. The van der Waals surface area contributed by atoms with Crippen LogP contribution in [-0.2, 0) is 7.05 Å². The number of rotatable bonds is 1. The molecule has 0 bridgehead atoms. The van der Waals surface area contributed by atoms with E-state index in [1.807, 2.05) is 11.7 Å². The summed E-state index contributed by atoms with van der Waals surface area (Å²) in [6.45, 7) is 2.01. The Labute approximate surface area is 83.9 Å². The van der Waals surface area contributed by atoms with Gasteiger partial charge >= 0.3 is 0 Å². The maximum Gasteiger partial charge on any atom is 0.138 e. The molecule has 1 aliphatic rings. The minimum Gasteiger partial charge on any atom is -0.327 e. The number of hydrogen-bond donors (Lipinski definition) is 1. The first-order chi connectivity index (χ1) is 6.66. The second kappa shape index (κ2) is 3.67. The Morgan fingerprint density at radius 1 is 1.43 bits per heavy atom. The lowest BCUT2D eigenvalue weighted by Crippen LogP contribution is -2.44. The molecule has 0 spiro atoms. The maximum absolute atomic E-state index is 5.97. The van der Waals surface area contributed by atoms with Crippen molar-refractivity contribution in [2.75, 3.05) is 20.1 Å². The third kappa shape index (κ3) is 1.78. The van der Waals surface area contributed by atoms with E-state index in [2.05, 4.69) is 22.0 Å². The van der Waals surface area contributed by atoms with Gasteiger partial charge in [-0.1, -0.05) is 0 Å². The summed E-state index contributed by atoms with van der Waals surface area (Å²) in [6.07, 6.45) is 2.62. The molecular formula is C9H17N5. The fraction of sp³-hybridized carbons (Fsp3) is 0.778. The van der Waals surface area contributed by atoms with E-state index in [-0.39, 0.29) is 6.04 Å². The van der Waals surface area contributed by atoms with Crippen LogP contribution >= 0.6 is 0 Å². The molecule has 1 aliphatic heterocycles. The number of hydrogen-bond acceptors (Lipinski definition) is 4. The van der Waals surface area contributed by atoms with Gasteiger partial charge in [0.25, 0.3) is 0 Å². The number of nitrogens with two attached hydrogens (primary N) is 1. The molecule has 0 saturated carbocycles. The van der Waals surface area contributed by atoms with E-state index >= 15 is 0 Å². The molecule has 0 aliphatic carbocycles. The molecule has 14 heavy (non-hydrogen) atoms. The highest BCUT2D eigenvalue weighted by atomic mass is 15.3. The molecule has 0 amide bonds. The zero-order valence-corrected chi connectivity index (χ0v) is 8.72. The van der Waals surface area contributed by atoms with E-state index in [1.165, 1.54) is 0 Å². The largest absolute Gasteiger partial charge is 0.327 e. The Kier molecular flexibility index (Phi) is 2.52. The predicted molar refractivity (Wildman–Crippen MR) is 53.8 cm³/mol.